The van der Waals surface area contributed by atoms with Gasteiger partial charge < -0.3 is 11.6 Å². The van der Waals surface area contributed by atoms with Crippen molar-refractivity contribution >= 4 is 17.4 Å². The number of imidazole rings is 1. The minimum Gasteiger partial charge on any atom is -0.382 e. The molecule has 16 heavy (non-hydrogen) atoms. The normalized spacial score (nSPS) is 10.7. The monoisotopic (exact) mass is 240 g/mol. The summed E-state index contributed by atoms with van der Waals surface area (Å²) < 4.78 is 14.8. The highest BCUT2D eigenvalue weighted by molar-refractivity contribution is 6.30. The molecule has 1 aromatic heterocycles. The Balaban J connectivity index is 2.67. The van der Waals surface area contributed by atoms with Gasteiger partial charge in [0.05, 0.1) is 0 Å². The molecule has 0 saturated heterocycles. The molecule has 2 aromatic rings. The number of nitrogens with two attached hydrogens (primary N) is 2. The van der Waals surface area contributed by atoms with Gasteiger partial charge in [-0.1, -0.05) is 11.6 Å². The number of hydrogen-bond donors (Lipinski definition) is 2. The third-order valence-electron chi connectivity index (χ3n) is 2.31. The summed E-state index contributed by atoms with van der Waals surface area (Å²) in [5.74, 6) is 5.88. The number of anilines is 1. The van der Waals surface area contributed by atoms with Crippen molar-refractivity contribution in [1.82, 2.24) is 9.66 Å². The summed E-state index contributed by atoms with van der Waals surface area (Å²) in [5, 5.41) is 0.417. The van der Waals surface area contributed by atoms with Crippen LogP contribution in [0.3, 0.4) is 0 Å². The average molecular weight is 241 g/mol. The van der Waals surface area contributed by atoms with Crippen LogP contribution in [0.4, 0.5) is 10.2 Å². The van der Waals surface area contributed by atoms with Crippen molar-refractivity contribution in [3.05, 3.63) is 34.9 Å². The highest BCUT2D eigenvalue weighted by Crippen LogP contribution is 2.29. The first-order chi connectivity index (χ1) is 7.50. The Morgan fingerprint density at radius 1 is 1.44 bits per heavy atom. The molecule has 1 heterocycles. The van der Waals surface area contributed by atoms with Gasteiger partial charge in [-0.15, -0.1) is 0 Å². The average Bonchev–Trinajstić information content (AvgIpc) is 2.50. The molecule has 0 radical (unpaired) electrons. The quantitative estimate of drug-likeness (QED) is 0.749. The summed E-state index contributed by atoms with van der Waals surface area (Å²) in [7, 11) is 0. The number of aryl methyl sites for hydroxylation is 1. The second-order valence-corrected chi connectivity index (χ2v) is 3.82. The second-order valence-electron chi connectivity index (χ2n) is 3.39. The Morgan fingerprint density at radius 3 is 2.69 bits per heavy atom. The molecule has 0 unspecified atom stereocenters. The van der Waals surface area contributed by atoms with Crippen molar-refractivity contribution < 1.29 is 4.39 Å². The van der Waals surface area contributed by atoms with Gasteiger partial charge in [0, 0.05) is 10.6 Å². The van der Waals surface area contributed by atoms with Gasteiger partial charge in [0.25, 0.3) is 0 Å². The molecule has 4 N–H and O–H groups in total. The SMILES string of the molecule is Cc1nc(-c2cc(Cl)ccc2F)c(N)n1N. The molecule has 0 bridgehead atoms. The smallest absolute Gasteiger partial charge is 0.150 e. The van der Waals surface area contributed by atoms with Crippen LogP contribution in [0.5, 0.6) is 0 Å². The van der Waals surface area contributed by atoms with Gasteiger partial charge in [-0.3, -0.25) is 0 Å². The first kappa shape index (κ1) is 10.8. The van der Waals surface area contributed by atoms with E-state index in [4.69, 9.17) is 23.2 Å². The third kappa shape index (κ3) is 1.59. The second kappa shape index (κ2) is 3.68. The van der Waals surface area contributed by atoms with Crippen LogP contribution in [0.1, 0.15) is 5.82 Å². The zero-order valence-corrected chi connectivity index (χ0v) is 9.29. The maximum absolute atomic E-state index is 13.6. The Bertz CT molecular complexity index is 550. The number of benzene rings is 1. The lowest BCUT2D eigenvalue weighted by Gasteiger charge is -2.02. The molecule has 1 aromatic carbocycles. The first-order valence-corrected chi connectivity index (χ1v) is 4.94. The zero-order valence-electron chi connectivity index (χ0n) is 8.54. The van der Waals surface area contributed by atoms with E-state index in [0.717, 1.165) is 0 Å². The van der Waals surface area contributed by atoms with E-state index < -0.39 is 5.82 Å². The third-order valence-corrected chi connectivity index (χ3v) is 2.54. The Kier molecular flexibility index (Phi) is 2.47. The Labute approximate surface area is 96.6 Å². The molecule has 6 heteroatoms. The number of nitrogens with zero attached hydrogens (tertiary/aromatic N) is 2. The molecular weight excluding hydrogens is 231 g/mol. The van der Waals surface area contributed by atoms with E-state index in [-0.39, 0.29) is 11.4 Å². The van der Waals surface area contributed by atoms with Crippen molar-refractivity contribution in [2.45, 2.75) is 6.92 Å². The highest BCUT2D eigenvalue weighted by atomic mass is 35.5. The molecule has 2 rings (SSSR count). The summed E-state index contributed by atoms with van der Waals surface area (Å²) in [6, 6.07) is 4.19. The summed E-state index contributed by atoms with van der Waals surface area (Å²) in [6.07, 6.45) is 0. The lowest BCUT2D eigenvalue weighted by Crippen LogP contribution is -2.13. The van der Waals surface area contributed by atoms with Gasteiger partial charge in [-0.05, 0) is 25.1 Å². The zero-order chi connectivity index (χ0) is 11.9. The van der Waals surface area contributed by atoms with E-state index in [1.807, 2.05) is 0 Å². The van der Waals surface area contributed by atoms with Crippen LogP contribution in [0.25, 0.3) is 11.3 Å². The first-order valence-electron chi connectivity index (χ1n) is 4.56. The number of nitrogen functional groups attached to an aromatic ring is 2. The number of aromatic nitrogens is 2. The fourth-order valence-corrected chi connectivity index (χ4v) is 1.61. The predicted molar refractivity (Wildman–Crippen MR) is 61.9 cm³/mol. The van der Waals surface area contributed by atoms with E-state index in [0.29, 0.717) is 16.5 Å². The fourth-order valence-electron chi connectivity index (χ4n) is 1.44. The van der Waals surface area contributed by atoms with Crippen LogP contribution in [-0.4, -0.2) is 9.66 Å². The van der Waals surface area contributed by atoms with Gasteiger partial charge in [-0.25, -0.2) is 14.1 Å². The van der Waals surface area contributed by atoms with Gasteiger partial charge in [0.2, 0.25) is 0 Å². The molecule has 0 aliphatic carbocycles. The molecule has 4 nitrogen and oxygen atoms in total. The van der Waals surface area contributed by atoms with Crippen LogP contribution in [-0.2, 0) is 0 Å². The summed E-state index contributed by atoms with van der Waals surface area (Å²) in [6.45, 7) is 1.68. The number of rotatable bonds is 1. The van der Waals surface area contributed by atoms with E-state index in [2.05, 4.69) is 4.98 Å². The number of halogens is 2. The van der Waals surface area contributed by atoms with Crippen LogP contribution >= 0.6 is 11.6 Å². The number of hydrogen-bond acceptors (Lipinski definition) is 3. The van der Waals surface area contributed by atoms with E-state index >= 15 is 0 Å². The highest BCUT2D eigenvalue weighted by Gasteiger charge is 2.15. The Morgan fingerprint density at radius 2 is 2.12 bits per heavy atom. The predicted octanol–water partition coefficient (Wildman–Crippen LogP) is 1.95. The summed E-state index contributed by atoms with van der Waals surface area (Å²) in [5.41, 5.74) is 6.27. The molecule has 0 aliphatic heterocycles. The topological polar surface area (TPSA) is 69.9 Å². The van der Waals surface area contributed by atoms with Gasteiger partial charge in [0.15, 0.2) is 5.82 Å². The molecule has 0 saturated carbocycles. The molecular formula is C10H10ClFN4. The fraction of sp³-hybridized carbons (Fsp3) is 0.100. The maximum atomic E-state index is 13.6. The minimum atomic E-state index is -0.436. The molecule has 0 aliphatic rings. The summed E-state index contributed by atoms with van der Waals surface area (Å²) in [4.78, 5) is 4.10. The Hall–Kier alpha value is -1.75. The van der Waals surface area contributed by atoms with Crippen LogP contribution in [0, 0.1) is 12.7 Å². The van der Waals surface area contributed by atoms with Gasteiger partial charge in [-0.2, -0.15) is 0 Å². The van der Waals surface area contributed by atoms with Gasteiger partial charge >= 0.3 is 0 Å². The standard InChI is InChI=1S/C10H10ClFN4/c1-5-15-9(10(13)16(5)14)7-4-6(11)2-3-8(7)12/h2-4H,13-14H2,1H3. The maximum Gasteiger partial charge on any atom is 0.150 e. The molecule has 84 valence electrons. The van der Waals surface area contributed by atoms with Crippen LogP contribution in [0.15, 0.2) is 18.2 Å². The van der Waals surface area contributed by atoms with Crippen molar-refractivity contribution in [2.24, 2.45) is 0 Å². The largest absolute Gasteiger partial charge is 0.382 e. The summed E-state index contributed by atoms with van der Waals surface area (Å²) >= 11 is 5.79. The van der Waals surface area contributed by atoms with Crippen molar-refractivity contribution in [3.8, 4) is 11.3 Å². The molecule has 0 fully saturated rings. The lowest BCUT2D eigenvalue weighted by atomic mass is 10.1. The van der Waals surface area contributed by atoms with Crippen molar-refractivity contribution in [1.29, 1.82) is 0 Å². The van der Waals surface area contributed by atoms with E-state index in [1.54, 1.807) is 6.92 Å². The lowest BCUT2D eigenvalue weighted by molar-refractivity contribution is 0.631. The van der Waals surface area contributed by atoms with Crippen LogP contribution in [0.2, 0.25) is 5.02 Å². The van der Waals surface area contributed by atoms with E-state index in [1.165, 1.54) is 22.9 Å². The van der Waals surface area contributed by atoms with Gasteiger partial charge in [0.1, 0.15) is 17.3 Å². The molecule has 0 amide bonds. The van der Waals surface area contributed by atoms with Crippen molar-refractivity contribution in [2.75, 3.05) is 11.6 Å². The van der Waals surface area contributed by atoms with Crippen molar-refractivity contribution in [3.63, 3.8) is 0 Å². The molecule has 0 spiro atoms. The van der Waals surface area contributed by atoms with Crippen LogP contribution < -0.4 is 11.6 Å². The molecule has 0 atom stereocenters. The minimum absolute atomic E-state index is 0.207. The van der Waals surface area contributed by atoms with E-state index in [9.17, 15) is 4.39 Å².